The molecule has 0 fully saturated rings. The molecule has 0 bridgehead atoms. The Morgan fingerprint density at radius 1 is 0.730 bits per heavy atom. The van der Waals surface area contributed by atoms with E-state index in [4.69, 9.17) is 22.3 Å². The van der Waals surface area contributed by atoms with E-state index >= 15 is 0 Å². The maximum atomic E-state index is 12.9. The van der Waals surface area contributed by atoms with E-state index < -0.39 is 91.3 Å². The number of carbonyl (C=O) groups is 7. The van der Waals surface area contributed by atoms with Gasteiger partial charge in [-0.25, -0.2) is 4.79 Å². The fraction of sp³-hybridized carbons (Fsp3) is 0.409. The van der Waals surface area contributed by atoms with E-state index in [0.717, 1.165) is 0 Å². The highest BCUT2D eigenvalue weighted by Gasteiger charge is 2.31. The van der Waals surface area contributed by atoms with Crippen molar-refractivity contribution in [2.45, 2.75) is 56.3 Å². The Bertz CT molecular complexity index is 1020. The van der Waals surface area contributed by atoms with Gasteiger partial charge in [0.1, 0.15) is 18.1 Å². The van der Waals surface area contributed by atoms with Crippen LogP contribution in [0.25, 0.3) is 0 Å². The first kappa shape index (κ1) is 30.5. The number of nitrogens with one attached hydrogen (secondary N) is 3. The molecule has 15 nitrogen and oxygen atoms in total. The maximum Gasteiger partial charge on any atom is 0.326 e. The molecule has 0 aliphatic rings. The van der Waals surface area contributed by atoms with Crippen LogP contribution >= 0.6 is 0 Å². The number of hydrogen-bond acceptors (Lipinski definition) is 8. The van der Waals surface area contributed by atoms with Gasteiger partial charge in [0.15, 0.2) is 0 Å². The minimum absolute atomic E-state index is 0.0976. The van der Waals surface area contributed by atoms with E-state index in [2.05, 4.69) is 16.0 Å². The van der Waals surface area contributed by atoms with Crippen molar-refractivity contribution in [3.8, 4) is 0 Å². The zero-order valence-corrected chi connectivity index (χ0v) is 19.7. The highest BCUT2D eigenvalue weighted by molar-refractivity contribution is 5.97. The third-order valence-corrected chi connectivity index (χ3v) is 4.97. The number of rotatable bonds is 16. The normalized spacial score (nSPS) is 13.8. The molecule has 0 aliphatic carbocycles. The van der Waals surface area contributed by atoms with Gasteiger partial charge in [-0.3, -0.25) is 28.8 Å². The molecule has 11 N–H and O–H groups in total. The Balaban J connectivity index is 3.05. The minimum Gasteiger partial charge on any atom is -0.481 e. The lowest BCUT2D eigenvalue weighted by Crippen LogP contribution is -2.58. The Kier molecular flexibility index (Phi) is 12.2. The lowest BCUT2D eigenvalue weighted by molar-refractivity contribution is -0.143. The van der Waals surface area contributed by atoms with Crippen molar-refractivity contribution in [3.63, 3.8) is 0 Å². The van der Waals surface area contributed by atoms with Gasteiger partial charge in [0.05, 0.1) is 18.9 Å². The number of carboxylic acids is 2. The van der Waals surface area contributed by atoms with E-state index in [-0.39, 0.29) is 6.42 Å². The predicted octanol–water partition coefficient (Wildman–Crippen LogP) is -3.29. The number of benzene rings is 1. The van der Waals surface area contributed by atoms with Gasteiger partial charge >= 0.3 is 11.9 Å². The molecule has 15 heteroatoms. The van der Waals surface area contributed by atoms with Crippen molar-refractivity contribution in [1.29, 1.82) is 0 Å². The first-order valence-electron chi connectivity index (χ1n) is 11.0. The van der Waals surface area contributed by atoms with Crippen molar-refractivity contribution >= 4 is 41.5 Å². The molecular weight excluding hydrogens is 492 g/mol. The van der Waals surface area contributed by atoms with Crippen molar-refractivity contribution in [2.24, 2.45) is 17.2 Å². The van der Waals surface area contributed by atoms with E-state index in [1.165, 1.54) is 0 Å². The number of carbonyl (C=O) groups excluding carboxylic acids is 5. The van der Waals surface area contributed by atoms with Crippen LogP contribution < -0.4 is 33.2 Å². The molecule has 4 atom stereocenters. The molecule has 5 amide bonds. The van der Waals surface area contributed by atoms with E-state index in [9.17, 15) is 38.7 Å². The SMILES string of the molecule is NC(=O)CC(N)C(=O)NC(CC(N)=O)C(=O)NC(CCC(=O)O)C(=O)NC(Cc1ccccc1)C(=O)O. The van der Waals surface area contributed by atoms with Crippen LogP contribution in [0.4, 0.5) is 0 Å². The third kappa shape index (κ3) is 11.6. The smallest absolute Gasteiger partial charge is 0.326 e. The zero-order valence-electron chi connectivity index (χ0n) is 19.7. The zero-order chi connectivity index (χ0) is 28.1. The highest BCUT2D eigenvalue weighted by Crippen LogP contribution is 2.06. The van der Waals surface area contributed by atoms with Crippen molar-refractivity contribution in [3.05, 3.63) is 35.9 Å². The molecule has 0 saturated carbocycles. The summed E-state index contributed by atoms with van der Waals surface area (Å²) in [5.74, 6) is -7.70. The molecule has 1 aromatic carbocycles. The average Bonchev–Trinajstić information content (AvgIpc) is 2.80. The average molecular weight is 523 g/mol. The van der Waals surface area contributed by atoms with Gasteiger partial charge < -0.3 is 43.4 Å². The molecule has 0 heterocycles. The fourth-order valence-electron chi connectivity index (χ4n) is 3.13. The number of aliphatic carboxylic acids is 2. The molecular formula is C22H30N6O9. The Morgan fingerprint density at radius 3 is 1.76 bits per heavy atom. The molecule has 0 radical (unpaired) electrons. The fourth-order valence-corrected chi connectivity index (χ4v) is 3.13. The van der Waals surface area contributed by atoms with Gasteiger partial charge in [0, 0.05) is 12.8 Å². The quantitative estimate of drug-likeness (QED) is 0.107. The van der Waals surface area contributed by atoms with Crippen molar-refractivity contribution in [1.82, 2.24) is 16.0 Å². The number of hydrogen-bond donors (Lipinski definition) is 8. The summed E-state index contributed by atoms with van der Waals surface area (Å²) in [5, 5.41) is 25.1. The summed E-state index contributed by atoms with van der Waals surface area (Å²) >= 11 is 0. The van der Waals surface area contributed by atoms with Crippen molar-refractivity contribution < 1.29 is 43.8 Å². The molecule has 37 heavy (non-hydrogen) atoms. The van der Waals surface area contributed by atoms with E-state index in [1.54, 1.807) is 30.3 Å². The van der Waals surface area contributed by atoms with Crippen LogP contribution in [-0.4, -0.2) is 75.9 Å². The van der Waals surface area contributed by atoms with E-state index in [1.807, 2.05) is 0 Å². The Hall–Kier alpha value is -4.53. The van der Waals surface area contributed by atoms with Crippen LogP contribution in [0.15, 0.2) is 30.3 Å². The molecule has 0 saturated heterocycles. The molecule has 0 spiro atoms. The van der Waals surface area contributed by atoms with Crippen LogP contribution in [0.5, 0.6) is 0 Å². The number of carboxylic acid groups (broad SMARTS) is 2. The van der Waals surface area contributed by atoms with Crippen LogP contribution in [-0.2, 0) is 40.0 Å². The van der Waals surface area contributed by atoms with Crippen LogP contribution in [0.1, 0.15) is 31.2 Å². The summed E-state index contributed by atoms with van der Waals surface area (Å²) in [6.07, 6.45) is -2.40. The number of nitrogens with two attached hydrogens (primary N) is 3. The second-order valence-electron chi connectivity index (χ2n) is 8.09. The van der Waals surface area contributed by atoms with Crippen molar-refractivity contribution in [2.75, 3.05) is 0 Å². The standard InChI is InChI=1S/C22H30N6O9/c23-12(9-16(24)29)19(33)27-14(10-17(25)30)21(35)26-13(6-7-18(31)32)20(34)28-15(22(36)37)8-11-4-2-1-3-5-11/h1-5,12-15H,6-10,23H2,(H2,24,29)(H2,25,30)(H,26,35)(H,27,33)(H,28,34)(H,31,32)(H,36,37). The third-order valence-electron chi connectivity index (χ3n) is 4.97. The minimum atomic E-state index is -1.64. The van der Waals surface area contributed by atoms with Gasteiger partial charge in [-0.1, -0.05) is 30.3 Å². The molecule has 0 aromatic heterocycles. The monoisotopic (exact) mass is 522 g/mol. The summed E-state index contributed by atoms with van der Waals surface area (Å²) in [5.41, 5.74) is 16.2. The number of primary amides is 2. The van der Waals surface area contributed by atoms with E-state index in [0.29, 0.717) is 5.56 Å². The number of amides is 5. The van der Waals surface area contributed by atoms with Gasteiger partial charge in [-0.05, 0) is 12.0 Å². The largest absolute Gasteiger partial charge is 0.481 e. The summed E-state index contributed by atoms with van der Waals surface area (Å²) in [6.45, 7) is 0. The Morgan fingerprint density at radius 2 is 1.24 bits per heavy atom. The maximum absolute atomic E-state index is 12.9. The summed E-state index contributed by atoms with van der Waals surface area (Å²) in [6, 6.07) is 2.32. The Labute approximate surface area is 211 Å². The van der Waals surface area contributed by atoms with Gasteiger partial charge in [0.25, 0.3) is 0 Å². The predicted molar refractivity (Wildman–Crippen MR) is 126 cm³/mol. The molecule has 1 rings (SSSR count). The second-order valence-corrected chi connectivity index (χ2v) is 8.09. The highest BCUT2D eigenvalue weighted by atomic mass is 16.4. The summed E-state index contributed by atoms with van der Waals surface area (Å²) in [4.78, 5) is 83.1. The van der Waals surface area contributed by atoms with Crippen LogP contribution in [0, 0.1) is 0 Å². The van der Waals surface area contributed by atoms with Crippen LogP contribution in [0.3, 0.4) is 0 Å². The first-order valence-corrected chi connectivity index (χ1v) is 11.0. The molecule has 202 valence electrons. The lowest BCUT2D eigenvalue weighted by atomic mass is 10.0. The van der Waals surface area contributed by atoms with Gasteiger partial charge in [-0.2, -0.15) is 0 Å². The lowest BCUT2D eigenvalue weighted by Gasteiger charge is -2.24. The molecule has 4 unspecified atom stereocenters. The summed E-state index contributed by atoms with van der Waals surface area (Å²) in [7, 11) is 0. The summed E-state index contributed by atoms with van der Waals surface area (Å²) < 4.78 is 0. The van der Waals surface area contributed by atoms with Crippen LogP contribution in [0.2, 0.25) is 0 Å². The first-order chi connectivity index (χ1) is 17.3. The second kappa shape index (κ2) is 14.8. The molecule has 0 aliphatic heterocycles. The molecule has 1 aromatic rings. The van der Waals surface area contributed by atoms with Gasteiger partial charge in [0.2, 0.25) is 29.5 Å². The van der Waals surface area contributed by atoms with Gasteiger partial charge in [-0.15, -0.1) is 0 Å². The topological polar surface area (TPSA) is 274 Å².